The van der Waals surface area contributed by atoms with Gasteiger partial charge in [-0.3, -0.25) is 9.59 Å². The molecule has 2 rings (SSSR count). The van der Waals surface area contributed by atoms with Crippen molar-refractivity contribution >= 4 is 35.0 Å². The SMILES string of the molecule is CCOc1ccccc1NC(=O)CSC(C)C(=O)Nc1ccccc1C(F)(F)F. The quantitative estimate of drug-likeness (QED) is 0.636. The van der Waals surface area contributed by atoms with Crippen LogP contribution in [-0.4, -0.2) is 29.4 Å². The maximum Gasteiger partial charge on any atom is 0.418 e. The second kappa shape index (κ2) is 10.2. The van der Waals surface area contributed by atoms with Gasteiger partial charge in [0.25, 0.3) is 0 Å². The van der Waals surface area contributed by atoms with E-state index >= 15 is 0 Å². The molecular formula is C20H21F3N2O3S. The molecule has 0 aliphatic rings. The van der Waals surface area contributed by atoms with Crippen LogP contribution < -0.4 is 15.4 Å². The minimum atomic E-state index is -4.58. The van der Waals surface area contributed by atoms with E-state index in [0.717, 1.165) is 17.8 Å². The first-order valence-corrected chi connectivity index (χ1v) is 9.87. The molecule has 2 aromatic rings. The van der Waals surface area contributed by atoms with E-state index < -0.39 is 22.9 Å². The van der Waals surface area contributed by atoms with E-state index in [-0.39, 0.29) is 17.3 Å². The molecule has 0 heterocycles. The maximum absolute atomic E-state index is 13.0. The molecule has 2 amide bonds. The molecule has 0 radical (unpaired) electrons. The summed E-state index contributed by atoms with van der Waals surface area (Å²) < 4.78 is 44.5. The Kier molecular flexibility index (Phi) is 7.95. The molecule has 0 bridgehead atoms. The second-order valence-corrected chi connectivity index (χ2v) is 7.29. The molecule has 2 aromatic carbocycles. The summed E-state index contributed by atoms with van der Waals surface area (Å²) in [6, 6.07) is 11.7. The molecule has 1 atom stereocenters. The Labute approximate surface area is 171 Å². The summed E-state index contributed by atoms with van der Waals surface area (Å²) in [5.41, 5.74) is -0.723. The summed E-state index contributed by atoms with van der Waals surface area (Å²) >= 11 is 1.02. The number of carbonyl (C=O) groups is 2. The number of carbonyl (C=O) groups excluding carboxylic acids is 2. The Morgan fingerprint density at radius 2 is 1.66 bits per heavy atom. The molecule has 0 fully saturated rings. The highest BCUT2D eigenvalue weighted by Gasteiger charge is 2.33. The van der Waals surface area contributed by atoms with E-state index in [1.54, 1.807) is 24.3 Å². The third-order valence-electron chi connectivity index (χ3n) is 3.78. The first-order chi connectivity index (χ1) is 13.7. The highest BCUT2D eigenvalue weighted by Crippen LogP contribution is 2.34. The number of para-hydroxylation sites is 3. The van der Waals surface area contributed by atoms with E-state index in [9.17, 15) is 22.8 Å². The monoisotopic (exact) mass is 426 g/mol. The third-order valence-corrected chi connectivity index (χ3v) is 4.93. The fraction of sp³-hybridized carbons (Fsp3) is 0.300. The highest BCUT2D eigenvalue weighted by molar-refractivity contribution is 8.01. The van der Waals surface area contributed by atoms with Crippen LogP contribution in [0.5, 0.6) is 5.75 Å². The van der Waals surface area contributed by atoms with Crippen LogP contribution in [0.2, 0.25) is 0 Å². The number of ether oxygens (including phenoxy) is 1. The number of rotatable bonds is 8. The summed E-state index contributed by atoms with van der Waals surface area (Å²) in [6.07, 6.45) is -4.58. The number of anilines is 2. The number of hydrogen-bond acceptors (Lipinski definition) is 4. The standard InChI is InChI=1S/C20H21F3N2O3S/c1-3-28-17-11-7-6-10-16(17)24-18(26)12-29-13(2)19(27)25-15-9-5-4-8-14(15)20(21,22)23/h4-11,13H,3,12H2,1-2H3,(H,24,26)(H,25,27). The predicted octanol–water partition coefficient (Wildman–Crippen LogP) is 4.80. The van der Waals surface area contributed by atoms with Crippen LogP contribution in [-0.2, 0) is 15.8 Å². The topological polar surface area (TPSA) is 67.4 Å². The molecule has 2 N–H and O–H groups in total. The number of benzene rings is 2. The number of alkyl halides is 3. The summed E-state index contributed by atoms with van der Waals surface area (Å²) in [6.45, 7) is 3.79. The molecule has 0 saturated heterocycles. The molecule has 0 saturated carbocycles. The average molecular weight is 426 g/mol. The van der Waals surface area contributed by atoms with Gasteiger partial charge in [0.05, 0.1) is 34.5 Å². The molecule has 1 unspecified atom stereocenters. The van der Waals surface area contributed by atoms with Crippen molar-refractivity contribution in [2.45, 2.75) is 25.3 Å². The number of halogens is 3. The molecule has 0 aliphatic heterocycles. The van der Waals surface area contributed by atoms with Gasteiger partial charge in [-0.15, -0.1) is 11.8 Å². The largest absolute Gasteiger partial charge is 0.492 e. The van der Waals surface area contributed by atoms with Crippen LogP contribution >= 0.6 is 11.8 Å². The fourth-order valence-corrected chi connectivity index (χ4v) is 3.07. The van der Waals surface area contributed by atoms with Gasteiger partial charge in [0.1, 0.15) is 5.75 Å². The summed E-state index contributed by atoms with van der Waals surface area (Å²) in [4.78, 5) is 24.4. The number of amides is 2. The van der Waals surface area contributed by atoms with Crippen LogP contribution in [0.15, 0.2) is 48.5 Å². The van der Waals surface area contributed by atoms with E-state index in [2.05, 4.69) is 10.6 Å². The van der Waals surface area contributed by atoms with Gasteiger partial charge < -0.3 is 15.4 Å². The lowest BCUT2D eigenvalue weighted by atomic mass is 10.1. The first-order valence-electron chi connectivity index (χ1n) is 8.82. The second-order valence-electron chi connectivity index (χ2n) is 5.96. The molecular weight excluding hydrogens is 405 g/mol. The molecule has 5 nitrogen and oxygen atoms in total. The fourth-order valence-electron chi connectivity index (χ4n) is 2.39. The van der Waals surface area contributed by atoms with E-state index in [1.807, 2.05) is 6.92 Å². The minimum Gasteiger partial charge on any atom is -0.492 e. The average Bonchev–Trinajstić information content (AvgIpc) is 2.67. The van der Waals surface area contributed by atoms with Gasteiger partial charge in [0, 0.05) is 0 Å². The minimum absolute atomic E-state index is 0.0457. The zero-order chi connectivity index (χ0) is 21.4. The van der Waals surface area contributed by atoms with Crippen molar-refractivity contribution in [1.29, 1.82) is 0 Å². The molecule has 0 aromatic heterocycles. The van der Waals surface area contributed by atoms with Gasteiger partial charge in [-0.05, 0) is 38.1 Å². The lowest BCUT2D eigenvalue weighted by molar-refractivity contribution is -0.137. The smallest absolute Gasteiger partial charge is 0.418 e. The zero-order valence-electron chi connectivity index (χ0n) is 15.9. The number of hydrogen-bond donors (Lipinski definition) is 2. The maximum atomic E-state index is 13.0. The zero-order valence-corrected chi connectivity index (χ0v) is 16.7. The summed E-state index contributed by atoms with van der Waals surface area (Å²) in [5.74, 6) is -0.481. The van der Waals surface area contributed by atoms with Crippen LogP contribution in [0.3, 0.4) is 0 Å². The van der Waals surface area contributed by atoms with Gasteiger partial charge in [0.15, 0.2) is 0 Å². The molecule has 0 spiro atoms. The highest BCUT2D eigenvalue weighted by atomic mass is 32.2. The molecule has 29 heavy (non-hydrogen) atoms. The summed E-state index contributed by atoms with van der Waals surface area (Å²) in [7, 11) is 0. The summed E-state index contributed by atoms with van der Waals surface area (Å²) in [5, 5.41) is 4.26. The van der Waals surface area contributed by atoms with E-state index in [1.165, 1.54) is 25.1 Å². The Bertz CT molecular complexity index is 859. The van der Waals surface area contributed by atoms with Crippen molar-refractivity contribution in [2.24, 2.45) is 0 Å². The number of thioether (sulfide) groups is 1. The third kappa shape index (κ3) is 6.70. The van der Waals surface area contributed by atoms with E-state index in [0.29, 0.717) is 18.0 Å². The van der Waals surface area contributed by atoms with E-state index in [4.69, 9.17) is 4.74 Å². The Balaban J connectivity index is 1.92. The van der Waals surface area contributed by atoms with Crippen molar-refractivity contribution in [3.05, 3.63) is 54.1 Å². The lowest BCUT2D eigenvalue weighted by Gasteiger charge is -2.16. The molecule has 0 aliphatic carbocycles. The van der Waals surface area contributed by atoms with Gasteiger partial charge in [0.2, 0.25) is 11.8 Å². The van der Waals surface area contributed by atoms with Crippen molar-refractivity contribution in [3.63, 3.8) is 0 Å². The normalized spacial score (nSPS) is 12.2. The lowest BCUT2D eigenvalue weighted by Crippen LogP contribution is -2.26. The van der Waals surface area contributed by atoms with Crippen LogP contribution in [0.25, 0.3) is 0 Å². The Morgan fingerprint density at radius 3 is 2.31 bits per heavy atom. The molecule has 9 heteroatoms. The van der Waals surface area contributed by atoms with Crippen LogP contribution in [0.1, 0.15) is 19.4 Å². The predicted molar refractivity (Wildman–Crippen MR) is 108 cm³/mol. The van der Waals surface area contributed by atoms with Gasteiger partial charge in [-0.2, -0.15) is 13.2 Å². The van der Waals surface area contributed by atoms with Gasteiger partial charge in [-0.1, -0.05) is 24.3 Å². The Morgan fingerprint density at radius 1 is 1.03 bits per heavy atom. The molecule has 156 valence electrons. The van der Waals surface area contributed by atoms with Crippen molar-refractivity contribution in [2.75, 3.05) is 23.0 Å². The van der Waals surface area contributed by atoms with Crippen LogP contribution in [0, 0.1) is 0 Å². The van der Waals surface area contributed by atoms with Gasteiger partial charge in [-0.25, -0.2) is 0 Å². The Hall–Kier alpha value is -2.68. The van der Waals surface area contributed by atoms with Crippen molar-refractivity contribution < 1.29 is 27.5 Å². The first kappa shape index (κ1) is 22.6. The van der Waals surface area contributed by atoms with Crippen LogP contribution in [0.4, 0.5) is 24.5 Å². The number of nitrogens with one attached hydrogen (secondary N) is 2. The van der Waals surface area contributed by atoms with Gasteiger partial charge >= 0.3 is 6.18 Å². The van der Waals surface area contributed by atoms with Crippen molar-refractivity contribution in [1.82, 2.24) is 0 Å². The van der Waals surface area contributed by atoms with Crippen molar-refractivity contribution in [3.8, 4) is 5.75 Å².